The molecule has 24 heavy (non-hydrogen) atoms. The summed E-state index contributed by atoms with van der Waals surface area (Å²) in [6, 6.07) is 3.06. The van der Waals surface area contributed by atoms with Crippen molar-refractivity contribution in [1.29, 1.82) is 0 Å². The Bertz CT molecular complexity index is 531. The Hall–Kier alpha value is -1.26. The van der Waals surface area contributed by atoms with Crippen LogP contribution >= 0.6 is 0 Å². The zero-order valence-electron chi connectivity index (χ0n) is 14.4. The topological polar surface area (TPSA) is 9.23 Å². The monoisotopic (exact) mass is 346 g/mol. The van der Waals surface area contributed by atoms with E-state index in [1.54, 1.807) is 6.07 Å². The highest BCUT2D eigenvalue weighted by atomic mass is 19.3. The van der Waals surface area contributed by atoms with Crippen LogP contribution in [0.5, 0.6) is 5.75 Å². The average Bonchev–Trinajstić information content (AvgIpc) is 2.51. The molecule has 0 aromatic heterocycles. The van der Waals surface area contributed by atoms with Gasteiger partial charge in [-0.1, -0.05) is 19.4 Å². The number of ether oxygens (including phenoxy) is 1. The number of hydrogen-bond donors (Lipinski definition) is 0. The molecule has 1 aromatic rings. The molecule has 0 aliphatic heterocycles. The summed E-state index contributed by atoms with van der Waals surface area (Å²) in [5.41, 5.74) is 0.344. The van der Waals surface area contributed by atoms with Gasteiger partial charge in [-0.2, -0.15) is 4.39 Å². The summed E-state index contributed by atoms with van der Waals surface area (Å²) in [7, 11) is 0. The van der Waals surface area contributed by atoms with Crippen molar-refractivity contribution in [1.82, 2.24) is 0 Å². The largest absolute Gasteiger partial charge is 0.490 e. The lowest BCUT2D eigenvalue weighted by molar-refractivity contribution is -0.00937. The fourth-order valence-electron chi connectivity index (χ4n) is 3.48. The molecule has 136 valence electrons. The number of hydrogen-bond acceptors (Lipinski definition) is 1. The highest BCUT2D eigenvalue weighted by Crippen LogP contribution is 2.41. The summed E-state index contributed by atoms with van der Waals surface area (Å²) in [6.45, 7) is 3.29. The molecule has 0 spiro atoms. The van der Waals surface area contributed by atoms with E-state index in [4.69, 9.17) is 4.74 Å². The molecule has 0 unspecified atom stereocenters. The minimum Gasteiger partial charge on any atom is -0.490 e. The van der Waals surface area contributed by atoms with Gasteiger partial charge in [0.25, 0.3) is 0 Å². The van der Waals surface area contributed by atoms with Crippen molar-refractivity contribution in [3.63, 3.8) is 0 Å². The summed E-state index contributed by atoms with van der Waals surface area (Å²) in [4.78, 5) is 0. The molecule has 1 aliphatic carbocycles. The molecule has 0 saturated heterocycles. The van der Waals surface area contributed by atoms with Crippen molar-refractivity contribution in [2.24, 2.45) is 5.92 Å². The second kappa shape index (κ2) is 8.21. The van der Waals surface area contributed by atoms with E-state index in [1.807, 2.05) is 6.92 Å². The van der Waals surface area contributed by atoms with E-state index in [1.165, 1.54) is 6.07 Å². The predicted molar refractivity (Wildman–Crippen MR) is 86.7 cm³/mol. The van der Waals surface area contributed by atoms with E-state index >= 15 is 0 Å². The van der Waals surface area contributed by atoms with Gasteiger partial charge in [-0.25, -0.2) is 13.2 Å². The maximum atomic E-state index is 14.3. The van der Waals surface area contributed by atoms with Crippen molar-refractivity contribution in [3.8, 4) is 5.75 Å². The summed E-state index contributed by atoms with van der Waals surface area (Å²) >= 11 is 0. The quantitative estimate of drug-likeness (QED) is 0.406. The Morgan fingerprint density at radius 3 is 2.33 bits per heavy atom. The van der Waals surface area contributed by atoms with Crippen LogP contribution in [0.15, 0.2) is 12.1 Å². The van der Waals surface area contributed by atoms with Crippen LogP contribution in [0.25, 0.3) is 0 Å². The summed E-state index contributed by atoms with van der Waals surface area (Å²) < 4.78 is 60.0. The summed E-state index contributed by atoms with van der Waals surface area (Å²) in [5.74, 6) is -4.65. The fraction of sp³-hybridized carbons (Fsp3) is 0.684. The standard InChI is InChI=1S/C19H26F4O/c1-3-4-11-24-16-10-9-15(17(20)18(16)21)14-7-5-13(6-8-14)12-19(2,22)23/h9-10,13-14H,3-8,11-12H2,1-2H3. The molecule has 0 amide bonds. The average molecular weight is 346 g/mol. The first-order valence-electron chi connectivity index (χ1n) is 8.80. The number of halogens is 4. The van der Waals surface area contributed by atoms with Gasteiger partial charge in [0.1, 0.15) is 0 Å². The SMILES string of the molecule is CCCCOc1ccc(C2CCC(CC(C)(F)F)CC2)c(F)c1F. The van der Waals surface area contributed by atoms with Crippen LogP contribution in [0.1, 0.15) is 70.3 Å². The maximum Gasteiger partial charge on any atom is 0.245 e. The fourth-order valence-corrected chi connectivity index (χ4v) is 3.48. The molecular weight excluding hydrogens is 320 g/mol. The molecule has 0 radical (unpaired) electrons. The van der Waals surface area contributed by atoms with Crippen LogP contribution in [-0.4, -0.2) is 12.5 Å². The lowest BCUT2D eigenvalue weighted by atomic mass is 9.76. The molecule has 1 fully saturated rings. The van der Waals surface area contributed by atoms with Crippen molar-refractivity contribution in [2.75, 3.05) is 6.61 Å². The van der Waals surface area contributed by atoms with E-state index in [2.05, 4.69) is 0 Å². The third kappa shape index (κ3) is 5.12. The Balaban J connectivity index is 1.99. The second-order valence-corrected chi connectivity index (χ2v) is 6.97. The van der Waals surface area contributed by atoms with Gasteiger partial charge >= 0.3 is 0 Å². The number of benzene rings is 1. The van der Waals surface area contributed by atoms with Crippen LogP contribution in [0.2, 0.25) is 0 Å². The molecule has 0 bridgehead atoms. The van der Waals surface area contributed by atoms with E-state index in [0.29, 0.717) is 37.9 Å². The van der Waals surface area contributed by atoms with Crippen molar-refractivity contribution < 1.29 is 22.3 Å². The van der Waals surface area contributed by atoms with Crippen LogP contribution in [0, 0.1) is 17.6 Å². The van der Waals surface area contributed by atoms with Gasteiger partial charge in [-0.05, 0) is 62.5 Å². The van der Waals surface area contributed by atoms with Crippen molar-refractivity contribution in [2.45, 2.75) is 70.6 Å². The number of rotatable bonds is 7. The van der Waals surface area contributed by atoms with Crippen LogP contribution in [-0.2, 0) is 0 Å². The molecule has 2 rings (SSSR count). The Morgan fingerprint density at radius 1 is 1.08 bits per heavy atom. The molecule has 5 heteroatoms. The third-order valence-electron chi connectivity index (χ3n) is 4.77. The first-order chi connectivity index (χ1) is 11.3. The van der Waals surface area contributed by atoms with Gasteiger partial charge in [-0.3, -0.25) is 0 Å². The molecular formula is C19H26F4O. The van der Waals surface area contributed by atoms with E-state index in [9.17, 15) is 17.6 Å². The highest BCUT2D eigenvalue weighted by Gasteiger charge is 2.31. The van der Waals surface area contributed by atoms with Gasteiger partial charge < -0.3 is 4.74 Å². The Kier molecular flexibility index (Phi) is 6.53. The molecule has 1 aromatic carbocycles. The number of alkyl halides is 2. The lowest BCUT2D eigenvalue weighted by Gasteiger charge is -2.30. The first kappa shape index (κ1) is 19.1. The lowest BCUT2D eigenvalue weighted by Crippen LogP contribution is -2.21. The van der Waals surface area contributed by atoms with Gasteiger partial charge in [0.15, 0.2) is 11.6 Å². The molecule has 1 saturated carbocycles. The van der Waals surface area contributed by atoms with Crippen LogP contribution in [0.4, 0.5) is 17.6 Å². The Morgan fingerprint density at radius 2 is 1.75 bits per heavy atom. The van der Waals surface area contributed by atoms with Gasteiger partial charge in [0.2, 0.25) is 11.7 Å². The molecule has 0 atom stereocenters. The second-order valence-electron chi connectivity index (χ2n) is 6.97. The predicted octanol–water partition coefficient (Wildman–Crippen LogP) is 6.46. The van der Waals surface area contributed by atoms with Gasteiger partial charge in [0, 0.05) is 6.42 Å². The third-order valence-corrected chi connectivity index (χ3v) is 4.77. The Labute approximate surface area is 141 Å². The minimum atomic E-state index is -2.66. The smallest absolute Gasteiger partial charge is 0.245 e. The van der Waals surface area contributed by atoms with Crippen molar-refractivity contribution in [3.05, 3.63) is 29.3 Å². The number of unbranched alkanes of at least 4 members (excludes halogenated alkanes) is 1. The summed E-state index contributed by atoms with van der Waals surface area (Å²) in [6.07, 6.45) is 4.08. The van der Waals surface area contributed by atoms with Crippen LogP contribution < -0.4 is 4.74 Å². The molecule has 1 nitrogen and oxygen atoms in total. The molecule has 0 N–H and O–H groups in total. The van der Waals surface area contributed by atoms with Crippen molar-refractivity contribution >= 4 is 0 Å². The van der Waals surface area contributed by atoms with E-state index < -0.39 is 17.6 Å². The van der Waals surface area contributed by atoms with E-state index in [0.717, 1.165) is 19.8 Å². The normalized spacial score (nSPS) is 21.8. The zero-order chi connectivity index (χ0) is 17.7. The minimum absolute atomic E-state index is 0.0363. The first-order valence-corrected chi connectivity index (χ1v) is 8.80. The highest BCUT2D eigenvalue weighted by molar-refractivity contribution is 5.33. The van der Waals surface area contributed by atoms with Gasteiger partial charge in [0.05, 0.1) is 6.61 Å². The zero-order valence-corrected chi connectivity index (χ0v) is 14.4. The maximum absolute atomic E-state index is 14.3. The van der Waals surface area contributed by atoms with E-state index in [-0.39, 0.29) is 24.0 Å². The molecule has 0 heterocycles. The summed E-state index contributed by atoms with van der Waals surface area (Å²) in [5, 5.41) is 0. The van der Waals surface area contributed by atoms with Crippen LogP contribution in [0.3, 0.4) is 0 Å². The molecule has 1 aliphatic rings. The van der Waals surface area contributed by atoms with Gasteiger partial charge in [-0.15, -0.1) is 0 Å².